The van der Waals surface area contributed by atoms with Gasteiger partial charge in [0.15, 0.2) is 0 Å². The van der Waals surface area contributed by atoms with E-state index in [0.29, 0.717) is 19.7 Å². The van der Waals surface area contributed by atoms with Gasteiger partial charge in [0.2, 0.25) is 5.91 Å². The molecule has 1 N–H and O–H groups in total. The zero-order valence-electron chi connectivity index (χ0n) is 14.0. The minimum atomic E-state index is -0.0516. The number of carbonyl (C=O) groups is 1. The number of hydrogen-bond acceptors (Lipinski definition) is 4. The fourth-order valence-electron chi connectivity index (χ4n) is 2.65. The van der Waals surface area contributed by atoms with Gasteiger partial charge in [-0.25, -0.2) is 0 Å². The third-order valence-electron chi connectivity index (χ3n) is 3.67. The highest BCUT2D eigenvalue weighted by molar-refractivity contribution is 5.94. The highest BCUT2D eigenvalue weighted by atomic mass is 16.5. The van der Waals surface area contributed by atoms with Gasteiger partial charge in [-0.15, -0.1) is 0 Å². The number of anilines is 2. The van der Waals surface area contributed by atoms with Gasteiger partial charge >= 0.3 is 0 Å². The number of fused-ring (bicyclic) bond motifs is 1. The van der Waals surface area contributed by atoms with E-state index in [1.807, 2.05) is 67.3 Å². The SMILES string of the molecule is CC(C)Oc1ccc(NC(=O)CN2CCOc3ccccc32)cc1. The van der Waals surface area contributed by atoms with Gasteiger partial charge in [-0.3, -0.25) is 4.79 Å². The molecular formula is C19H22N2O3. The van der Waals surface area contributed by atoms with E-state index in [4.69, 9.17) is 9.47 Å². The Kier molecular flexibility index (Phi) is 4.89. The Bertz CT molecular complexity index is 698. The molecule has 1 aliphatic rings. The Morgan fingerprint density at radius 3 is 2.71 bits per heavy atom. The molecule has 0 spiro atoms. The molecule has 1 amide bonds. The van der Waals surface area contributed by atoms with Crippen LogP contribution in [-0.2, 0) is 4.79 Å². The average molecular weight is 326 g/mol. The Hall–Kier alpha value is -2.69. The van der Waals surface area contributed by atoms with Crippen molar-refractivity contribution in [1.82, 2.24) is 0 Å². The van der Waals surface area contributed by atoms with Crippen molar-refractivity contribution in [1.29, 1.82) is 0 Å². The van der Waals surface area contributed by atoms with E-state index in [1.54, 1.807) is 0 Å². The van der Waals surface area contributed by atoms with Crippen LogP contribution >= 0.6 is 0 Å². The van der Waals surface area contributed by atoms with Crippen LogP contribution in [0.15, 0.2) is 48.5 Å². The number of carbonyl (C=O) groups excluding carboxylic acids is 1. The minimum Gasteiger partial charge on any atom is -0.491 e. The number of para-hydroxylation sites is 2. The van der Waals surface area contributed by atoms with Crippen LogP contribution in [0.3, 0.4) is 0 Å². The summed E-state index contributed by atoms with van der Waals surface area (Å²) >= 11 is 0. The maximum absolute atomic E-state index is 12.3. The van der Waals surface area contributed by atoms with E-state index in [9.17, 15) is 4.79 Å². The molecule has 126 valence electrons. The van der Waals surface area contributed by atoms with Gasteiger partial charge < -0.3 is 19.7 Å². The predicted octanol–water partition coefficient (Wildman–Crippen LogP) is 3.31. The van der Waals surface area contributed by atoms with E-state index in [1.165, 1.54) is 0 Å². The smallest absolute Gasteiger partial charge is 0.243 e. The number of rotatable bonds is 5. The molecule has 5 heteroatoms. The van der Waals surface area contributed by atoms with Crippen molar-refractivity contribution < 1.29 is 14.3 Å². The Balaban J connectivity index is 1.60. The molecule has 0 fully saturated rings. The molecule has 0 radical (unpaired) electrons. The predicted molar refractivity (Wildman–Crippen MR) is 95.0 cm³/mol. The van der Waals surface area contributed by atoms with Gasteiger partial charge in [0.25, 0.3) is 0 Å². The van der Waals surface area contributed by atoms with Gasteiger partial charge in [0, 0.05) is 5.69 Å². The Labute approximate surface area is 142 Å². The number of hydrogen-bond donors (Lipinski definition) is 1. The number of nitrogens with one attached hydrogen (secondary N) is 1. The van der Waals surface area contributed by atoms with Gasteiger partial charge in [-0.2, -0.15) is 0 Å². The lowest BCUT2D eigenvalue weighted by molar-refractivity contribution is -0.115. The fraction of sp³-hybridized carbons (Fsp3) is 0.316. The summed E-state index contributed by atoms with van der Waals surface area (Å²) in [5.41, 5.74) is 1.72. The first-order valence-electron chi connectivity index (χ1n) is 8.15. The minimum absolute atomic E-state index is 0.0516. The Morgan fingerprint density at radius 1 is 1.21 bits per heavy atom. The molecule has 1 aliphatic heterocycles. The van der Waals surface area contributed by atoms with Crippen molar-refractivity contribution in [2.45, 2.75) is 20.0 Å². The third kappa shape index (κ3) is 3.98. The first-order chi connectivity index (χ1) is 11.6. The molecule has 0 unspecified atom stereocenters. The van der Waals surface area contributed by atoms with Gasteiger partial charge in [-0.05, 0) is 50.2 Å². The number of ether oxygens (including phenoxy) is 2. The van der Waals surface area contributed by atoms with Crippen molar-refractivity contribution >= 4 is 17.3 Å². The van der Waals surface area contributed by atoms with E-state index in [-0.39, 0.29) is 12.0 Å². The topological polar surface area (TPSA) is 50.8 Å². The summed E-state index contributed by atoms with van der Waals surface area (Å²) in [4.78, 5) is 14.4. The van der Waals surface area contributed by atoms with Crippen LogP contribution in [0.2, 0.25) is 0 Å². The lowest BCUT2D eigenvalue weighted by Crippen LogP contribution is -2.38. The largest absolute Gasteiger partial charge is 0.491 e. The van der Waals surface area contributed by atoms with Crippen molar-refractivity contribution in [3.8, 4) is 11.5 Å². The summed E-state index contributed by atoms with van der Waals surface area (Å²) < 4.78 is 11.2. The van der Waals surface area contributed by atoms with Gasteiger partial charge in [0.05, 0.1) is 24.9 Å². The maximum Gasteiger partial charge on any atom is 0.243 e. The van der Waals surface area contributed by atoms with Crippen LogP contribution < -0.4 is 19.7 Å². The third-order valence-corrected chi connectivity index (χ3v) is 3.67. The molecule has 0 saturated carbocycles. The molecule has 3 rings (SSSR count). The molecule has 0 atom stereocenters. The van der Waals surface area contributed by atoms with E-state index < -0.39 is 0 Å². The quantitative estimate of drug-likeness (QED) is 0.916. The fourth-order valence-corrected chi connectivity index (χ4v) is 2.65. The molecule has 2 aromatic carbocycles. The summed E-state index contributed by atoms with van der Waals surface area (Å²) in [7, 11) is 0. The van der Waals surface area contributed by atoms with Crippen molar-refractivity contribution in [3.05, 3.63) is 48.5 Å². The lowest BCUT2D eigenvalue weighted by atomic mass is 10.2. The lowest BCUT2D eigenvalue weighted by Gasteiger charge is -2.30. The molecule has 1 heterocycles. The molecule has 2 aromatic rings. The van der Waals surface area contributed by atoms with Crippen molar-refractivity contribution in [2.24, 2.45) is 0 Å². The summed E-state index contributed by atoms with van der Waals surface area (Å²) in [5, 5.41) is 2.92. The summed E-state index contributed by atoms with van der Waals surface area (Å²) in [6.45, 7) is 5.55. The molecule has 0 bridgehead atoms. The van der Waals surface area contributed by atoms with Crippen LogP contribution in [0.5, 0.6) is 11.5 Å². The molecular weight excluding hydrogens is 304 g/mol. The van der Waals surface area contributed by atoms with Crippen LogP contribution in [0.4, 0.5) is 11.4 Å². The zero-order chi connectivity index (χ0) is 16.9. The second-order valence-electron chi connectivity index (χ2n) is 5.98. The second kappa shape index (κ2) is 7.25. The molecule has 0 aromatic heterocycles. The van der Waals surface area contributed by atoms with Crippen molar-refractivity contribution in [3.63, 3.8) is 0 Å². The number of benzene rings is 2. The van der Waals surface area contributed by atoms with Crippen molar-refractivity contribution in [2.75, 3.05) is 29.9 Å². The Morgan fingerprint density at radius 2 is 1.96 bits per heavy atom. The highest BCUT2D eigenvalue weighted by Gasteiger charge is 2.19. The normalized spacial score (nSPS) is 13.2. The number of nitrogens with zero attached hydrogens (tertiary/aromatic N) is 1. The summed E-state index contributed by atoms with van der Waals surface area (Å²) in [5.74, 6) is 1.57. The number of amides is 1. The first-order valence-corrected chi connectivity index (χ1v) is 8.15. The zero-order valence-corrected chi connectivity index (χ0v) is 14.0. The molecule has 0 saturated heterocycles. The summed E-state index contributed by atoms with van der Waals surface area (Å²) in [6, 6.07) is 15.2. The molecule has 0 aliphatic carbocycles. The van der Waals surface area contributed by atoms with E-state index >= 15 is 0 Å². The van der Waals surface area contributed by atoms with Gasteiger partial charge in [-0.1, -0.05) is 12.1 Å². The monoisotopic (exact) mass is 326 g/mol. The van der Waals surface area contributed by atoms with Crippen LogP contribution in [-0.4, -0.2) is 31.7 Å². The average Bonchev–Trinajstić information content (AvgIpc) is 2.56. The van der Waals surface area contributed by atoms with E-state index in [0.717, 1.165) is 22.9 Å². The molecule has 5 nitrogen and oxygen atoms in total. The second-order valence-corrected chi connectivity index (χ2v) is 5.98. The first kappa shape index (κ1) is 16.2. The molecule has 24 heavy (non-hydrogen) atoms. The van der Waals surface area contributed by atoms with Crippen LogP contribution in [0, 0.1) is 0 Å². The van der Waals surface area contributed by atoms with E-state index in [2.05, 4.69) is 5.32 Å². The summed E-state index contributed by atoms with van der Waals surface area (Å²) in [6.07, 6.45) is 0.131. The van der Waals surface area contributed by atoms with Crippen LogP contribution in [0.25, 0.3) is 0 Å². The maximum atomic E-state index is 12.3. The highest BCUT2D eigenvalue weighted by Crippen LogP contribution is 2.30. The van der Waals surface area contributed by atoms with Gasteiger partial charge in [0.1, 0.15) is 18.1 Å². The van der Waals surface area contributed by atoms with Crippen LogP contribution in [0.1, 0.15) is 13.8 Å². The standard InChI is InChI=1S/C19H22N2O3/c1-14(2)24-16-9-7-15(8-10-16)20-19(22)13-21-11-12-23-18-6-4-3-5-17(18)21/h3-10,14H,11-13H2,1-2H3,(H,20,22).